The number of aliphatic hydroxyl groups excluding tert-OH is 2. The van der Waals surface area contributed by atoms with E-state index in [-0.39, 0.29) is 13.2 Å². The van der Waals surface area contributed by atoms with E-state index in [9.17, 15) is 10.2 Å². The van der Waals surface area contributed by atoms with Crippen LogP contribution in [0.25, 0.3) is 0 Å². The molecule has 5 heteroatoms. The minimum atomic E-state index is -0.0301. The summed E-state index contributed by atoms with van der Waals surface area (Å²) in [6, 6.07) is 7.37. The van der Waals surface area contributed by atoms with Gasteiger partial charge in [0.15, 0.2) is 23.0 Å². The van der Waals surface area contributed by atoms with E-state index in [1.54, 1.807) is 14.2 Å². The molecule has 0 atom stereocenters. The molecular formula is C20H24O5. The fraction of sp³-hybridized carbons (Fsp3) is 0.400. The second kappa shape index (κ2) is 7.76. The van der Waals surface area contributed by atoms with E-state index in [0.717, 1.165) is 47.9 Å². The van der Waals surface area contributed by atoms with Crippen molar-refractivity contribution < 1.29 is 24.4 Å². The molecule has 0 amide bonds. The molecule has 0 aromatic heterocycles. The number of aliphatic hydroxyl groups is 2. The highest BCUT2D eigenvalue weighted by molar-refractivity contribution is 5.56. The molecule has 0 saturated carbocycles. The van der Waals surface area contributed by atoms with Gasteiger partial charge in [-0.15, -0.1) is 0 Å². The zero-order valence-corrected chi connectivity index (χ0v) is 14.7. The predicted octanol–water partition coefficient (Wildman–Crippen LogP) is 3.36. The molecule has 134 valence electrons. The number of hydrogen-bond acceptors (Lipinski definition) is 5. The SMILES string of the molecule is COc1c2ccc(CO)c1CCCCc1c(CO)ccc(c1OC)O2. The van der Waals surface area contributed by atoms with Crippen LogP contribution in [0, 0.1) is 0 Å². The summed E-state index contributed by atoms with van der Waals surface area (Å²) in [4.78, 5) is 0. The Bertz CT molecular complexity index is 691. The fourth-order valence-electron chi connectivity index (χ4n) is 3.47. The Balaban J connectivity index is 2.16. The molecule has 0 saturated heterocycles. The topological polar surface area (TPSA) is 68.2 Å². The third-order valence-electron chi connectivity index (χ3n) is 4.72. The summed E-state index contributed by atoms with van der Waals surface area (Å²) in [5.74, 6) is 2.50. The molecule has 2 N–H and O–H groups in total. The minimum absolute atomic E-state index is 0.0301. The van der Waals surface area contributed by atoms with E-state index in [4.69, 9.17) is 14.2 Å². The van der Waals surface area contributed by atoms with Crippen molar-refractivity contribution in [2.45, 2.75) is 38.9 Å². The van der Waals surface area contributed by atoms with Crippen LogP contribution in [0.15, 0.2) is 24.3 Å². The van der Waals surface area contributed by atoms with Crippen LogP contribution >= 0.6 is 0 Å². The summed E-state index contributed by atoms with van der Waals surface area (Å²) in [6.07, 6.45) is 3.46. The van der Waals surface area contributed by atoms with Crippen LogP contribution in [0.2, 0.25) is 0 Å². The second-order valence-corrected chi connectivity index (χ2v) is 6.09. The van der Waals surface area contributed by atoms with E-state index >= 15 is 0 Å². The largest absolute Gasteiger partial charge is 0.493 e. The lowest BCUT2D eigenvalue weighted by Crippen LogP contribution is -2.02. The van der Waals surface area contributed by atoms with Gasteiger partial charge in [0.25, 0.3) is 0 Å². The highest BCUT2D eigenvalue weighted by atomic mass is 16.5. The van der Waals surface area contributed by atoms with Crippen LogP contribution < -0.4 is 14.2 Å². The molecule has 4 bridgehead atoms. The summed E-state index contributed by atoms with van der Waals surface area (Å²) < 4.78 is 17.3. The summed E-state index contributed by atoms with van der Waals surface area (Å²) in [5, 5.41) is 19.3. The third kappa shape index (κ3) is 3.30. The molecule has 1 aliphatic heterocycles. The highest BCUT2D eigenvalue weighted by Crippen LogP contribution is 2.43. The van der Waals surface area contributed by atoms with Gasteiger partial charge in [0, 0.05) is 11.1 Å². The van der Waals surface area contributed by atoms with Crippen LogP contribution in [0.1, 0.15) is 35.1 Å². The average Bonchev–Trinajstić information content (AvgIpc) is 2.65. The maximum atomic E-state index is 9.65. The lowest BCUT2D eigenvalue weighted by atomic mass is 9.97. The first-order chi connectivity index (χ1) is 12.2. The molecule has 5 nitrogen and oxygen atoms in total. The van der Waals surface area contributed by atoms with Gasteiger partial charge in [0.2, 0.25) is 0 Å². The maximum Gasteiger partial charge on any atom is 0.169 e. The van der Waals surface area contributed by atoms with Gasteiger partial charge in [0.05, 0.1) is 27.4 Å². The average molecular weight is 344 g/mol. The number of rotatable bonds is 4. The molecule has 0 aliphatic carbocycles. The molecule has 2 aromatic rings. The molecule has 3 rings (SSSR count). The first-order valence-electron chi connectivity index (χ1n) is 8.50. The van der Waals surface area contributed by atoms with Gasteiger partial charge < -0.3 is 24.4 Å². The zero-order chi connectivity index (χ0) is 17.8. The molecule has 0 radical (unpaired) electrons. The Hall–Kier alpha value is -2.24. The van der Waals surface area contributed by atoms with Crippen LogP contribution in [-0.4, -0.2) is 24.4 Å². The third-order valence-corrected chi connectivity index (χ3v) is 4.72. The maximum absolute atomic E-state index is 9.65. The molecule has 25 heavy (non-hydrogen) atoms. The van der Waals surface area contributed by atoms with Crippen LogP contribution in [-0.2, 0) is 26.1 Å². The Kier molecular flexibility index (Phi) is 5.46. The van der Waals surface area contributed by atoms with E-state index < -0.39 is 0 Å². The smallest absolute Gasteiger partial charge is 0.169 e. The first-order valence-corrected chi connectivity index (χ1v) is 8.50. The zero-order valence-electron chi connectivity index (χ0n) is 14.7. The van der Waals surface area contributed by atoms with Gasteiger partial charge >= 0.3 is 0 Å². The summed E-state index contributed by atoms with van der Waals surface area (Å²) in [7, 11) is 3.23. The summed E-state index contributed by atoms with van der Waals surface area (Å²) >= 11 is 0. The fourth-order valence-corrected chi connectivity index (χ4v) is 3.47. The number of ether oxygens (including phenoxy) is 3. The van der Waals surface area contributed by atoms with Crippen molar-refractivity contribution in [3.63, 3.8) is 0 Å². The molecular weight excluding hydrogens is 320 g/mol. The van der Waals surface area contributed by atoms with Crippen LogP contribution in [0.5, 0.6) is 23.0 Å². The van der Waals surface area contributed by atoms with Crippen molar-refractivity contribution in [1.29, 1.82) is 0 Å². The molecule has 1 heterocycles. The van der Waals surface area contributed by atoms with Crippen LogP contribution in [0.4, 0.5) is 0 Å². The monoisotopic (exact) mass is 344 g/mol. The predicted molar refractivity (Wildman–Crippen MR) is 94.5 cm³/mol. The van der Waals surface area contributed by atoms with Gasteiger partial charge in [-0.3, -0.25) is 0 Å². The van der Waals surface area contributed by atoms with Gasteiger partial charge in [-0.25, -0.2) is 0 Å². The highest BCUT2D eigenvalue weighted by Gasteiger charge is 2.21. The molecule has 1 aliphatic rings. The second-order valence-electron chi connectivity index (χ2n) is 6.09. The van der Waals surface area contributed by atoms with Gasteiger partial charge in [-0.1, -0.05) is 12.1 Å². The van der Waals surface area contributed by atoms with E-state index in [1.165, 1.54) is 0 Å². The molecule has 0 fully saturated rings. The lowest BCUT2D eigenvalue weighted by molar-refractivity contribution is 0.278. The molecule has 0 spiro atoms. The molecule has 0 unspecified atom stereocenters. The molecule has 2 aromatic carbocycles. The van der Waals surface area contributed by atoms with Crippen molar-refractivity contribution in [2.75, 3.05) is 14.2 Å². The number of hydrogen-bond donors (Lipinski definition) is 2. The van der Waals surface area contributed by atoms with Crippen molar-refractivity contribution in [3.8, 4) is 23.0 Å². The number of benzene rings is 2. The number of fused-ring (bicyclic) bond motifs is 4. The van der Waals surface area contributed by atoms with E-state index in [0.29, 0.717) is 23.0 Å². The summed E-state index contributed by atoms with van der Waals surface area (Å²) in [6.45, 7) is -0.0601. The van der Waals surface area contributed by atoms with Crippen LogP contribution in [0.3, 0.4) is 0 Å². The van der Waals surface area contributed by atoms with Gasteiger partial charge in [-0.05, 0) is 48.9 Å². The lowest BCUT2D eigenvalue weighted by Gasteiger charge is -2.19. The van der Waals surface area contributed by atoms with Gasteiger partial charge in [-0.2, -0.15) is 0 Å². The van der Waals surface area contributed by atoms with Crippen molar-refractivity contribution in [2.24, 2.45) is 0 Å². The van der Waals surface area contributed by atoms with E-state index in [1.807, 2.05) is 24.3 Å². The van der Waals surface area contributed by atoms with Crippen molar-refractivity contribution >= 4 is 0 Å². The van der Waals surface area contributed by atoms with Crippen molar-refractivity contribution in [3.05, 3.63) is 46.5 Å². The Labute approximate surface area is 147 Å². The Morgan fingerprint density at radius 3 is 1.60 bits per heavy atom. The van der Waals surface area contributed by atoms with E-state index in [2.05, 4.69) is 0 Å². The quantitative estimate of drug-likeness (QED) is 0.890. The van der Waals surface area contributed by atoms with Crippen molar-refractivity contribution in [1.82, 2.24) is 0 Å². The normalized spacial score (nSPS) is 13.6. The summed E-state index contributed by atoms with van der Waals surface area (Å²) in [5.41, 5.74) is 3.69. The number of methoxy groups -OCH3 is 2. The Morgan fingerprint density at radius 1 is 0.800 bits per heavy atom. The minimum Gasteiger partial charge on any atom is -0.493 e. The first kappa shape index (κ1) is 17.6. The van der Waals surface area contributed by atoms with Gasteiger partial charge in [0.1, 0.15) is 0 Å². The standard InChI is InChI=1S/C20H24O5/c1-23-19-15-5-3-4-6-16-14(12-22)8-10-18(20(16)24-2)25-17(19)9-7-13(15)11-21/h7-10,21-22H,3-6,11-12H2,1-2H3. The Morgan fingerprint density at radius 2 is 1.24 bits per heavy atom.